The molecule has 0 amide bonds. The first-order chi connectivity index (χ1) is 5.12. The van der Waals surface area contributed by atoms with Crippen molar-refractivity contribution in [1.82, 2.24) is 0 Å². The summed E-state index contributed by atoms with van der Waals surface area (Å²) in [5.41, 5.74) is 5.68. The maximum absolute atomic E-state index is 5.85. The fourth-order valence-corrected chi connectivity index (χ4v) is 0.558. The summed E-state index contributed by atoms with van der Waals surface area (Å²) < 4.78 is 5.32. The normalized spacial score (nSPS) is 17.1. The van der Waals surface area contributed by atoms with Gasteiger partial charge < -0.3 is 10.5 Å². The topological polar surface area (TPSA) is 35.2 Å². The van der Waals surface area contributed by atoms with Crippen LogP contribution in [0.25, 0.3) is 0 Å². The summed E-state index contributed by atoms with van der Waals surface area (Å²) in [7, 11) is 0. The highest BCUT2D eigenvalue weighted by Gasteiger charge is 2.14. The molecule has 0 rings (SSSR count). The van der Waals surface area contributed by atoms with E-state index >= 15 is 0 Å². The van der Waals surface area contributed by atoms with Crippen LogP contribution in [-0.2, 0) is 4.74 Å². The Bertz CT molecular complexity index is 119. The zero-order valence-electron chi connectivity index (χ0n) is 7.76. The van der Waals surface area contributed by atoms with E-state index in [-0.39, 0.29) is 5.54 Å². The highest BCUT2D eigenvalue weighted by molar-refractivity contribution is 4.79. The fraction of sp³-hybridized carbons (Fsp3) is 0.778. The van der Waals surface area contributed by atoms with Gasteiger partial charge in [0.2, 0.25) is 0 Å². The van der Waals surface area contributed by atoms with E-state index in [1.165, 1.54) is 0 Å². The minimum atomic E-state index is -0.165. The average Bonchev–Trinajstić information content (AvgIpc) is 1.99. The van der Waals surface area contributed by atoms with E-state index in [1.807, 2.05) is 26.0 Å². The SMILES string of the molecule is CC=CCOCC(C)(N)CC. The summed E-state index contributed by atoms with van der Waals surface area (Å²) in [6, 6.07) is 0. The van der Waals surface area contributed by atoms with Crippen molar-refractivity contribution < 1.29 is 4.74 Å². The molecular formula is C9H19NO. The lowest BCUT2D eigenvalue weighted by atomic mass is 10.0. The van der Waals surface area contributed by atoms with Gasteiger partial charge in [-0.1, -0.05) is 19.1 Å². The van der Waals surface area contributed by atoms with Gasteiger partial charge in [-0.25, -0.2) is 0 Å². The molecule has 0 bridgehead atoms. The number of ether oxygens (including phenoxy) is 1. The van der Waals surface area contributed by atoms with E-state index < -0.39 is 0 Å². The molecule has 0 radical (unpaired) electrons. The fourth-order valence-electron chi connectivity index (χ4n) is 0.558. The first kappa shape index (κ1) is 10.7. The summed E-state index contributed by atoms with van der Waals surface area (Å²) in [6.07, 6.45) is 4.90. The minimum absolute atomic E-state index is 0.165. The number of hydrogen-bond donors (Lipinski definition) is 1. The zero-order chi connectivity index (χ0) is 8.74. The molecule has 0 fully saturated rings. The van der Waals surface area contributed by atoms with Crippen LogP contribution in [0.2, 0.25) is 0 Å². The average molecular weight is 157 g/mol. The van der Waals surface area contributed by atoms with Gasteiger partial charge in [-0.3, -0.25) is 0 Å². The van der Waals surface area contributed by atoms with Crippen molar-refractivity contribution in [3.8, 4) is 0 Å². The lowest BCUT2D eigenvalue weighted by Gasteiger charge is -2.21. The molecule has 0 aliphatic rings. The number of hydrogen-bond acceptors (Lipinski definition) is 2. The third-order valence-electron chi connectivity index (χ3n) is 1.69. The van der Waals surface area contributed by atoms with Gasteiger partial charge >= 0.3 is 0 Å². The molecule has 66 valence electrons. The molecule has 1 atom stereocenters. The molecule has 0 aromatic carbocycles. The maximum Gasteiger partial charge on any atom is 0.0648 e. The number of allylic oxidation sites excluding steroid dienone is 1. The highest BCUT2D eigenvalue weighted by atomic mass is 16.5. The van der Waals surface area contributed by atoms with Gasteiger partial charge in [0.1, 0.15) is 0 Å². The summed E-state index contributed by atoms with van der Waals surface area (Å²) in [5, 5.41) is 0. The maximum atomic E-state index is 5.85. The molecule has 2 N–H and O–H groups in total. The predicted molar refractivity (Wildman–Crippen MR) is 48.5 cm³/mol. The number of nitrogens with two attached hydrogens (primary N) is 1. The van der Waals surface area contributed by atoms with E-state index in [2.05, 4.69) is 6.92 Å². The van der Waals surface area contributed by atoms with Crippen LogP contribution in [0.15, 0.2) is 12.2 Å². The molecule has 0 spiro atoms. The second-order valence-corrected chi connectivity index (χ2v) is 3.09. The van der Waals surface area contributed by atoms with Crippen molar-refractivity contribution >= 4 is 0 Å². The van der Waals surface area contributed by atoms with Crippen LogP contribution >= 0.6 is 0 Å². The summed E-state index contributed by atoms with van der Waals surface area (Å²) >= 11 is 0. The van der Waals surface area contributed by atoms with Gasteiger partial charge in [-0.05, 0) is 20.3 Å². The smallest absolute Gasteiger partial charge is 0.0648 e. The highest BCUT2D eigenvalue weighted by Crippen LogP contribution is 2.04. The Balaban J connectivity index is 3.37. The molecule has 0 aliphatic carbocycles. The van der Waals surface area contributed by atoms with Gasteiger partial charge in [-0.15, -0.1) is 0 Å². The molecule has 11 heavy (non-hydrogen) atoms. The lowest BCUT2D eigenvalue weighted by Crippen LogP contribution is -2.40. The zero-order valence-corrected chi connectivity index (χ0v) is 7.76. The molecule has 0 aromatic rings. The second-order valence-electron chi connectivity index (χ2n) is 3.09. The monoisotopic (exact) mass is 157 g/mol. The van der Waals surface area contributed by atoms with Crippen molar-refractivity contribution in [3.05, 3.63) is 12.2 Å². The van der Waals surface area contributed by atoms with Gasteiger partial charge in [0, 0.05) is 5.54 Å². The Labute approximate surface area is 69.4 Å². The van der Waals surface area contributed by atoms with E-state index in [0.29, 0.717) is 13.2 Å². The van der Waals surface area contributed by atoms with Crippen molar-refractivity contribution in [2.45, 2.75) is 32.7 Å². The van der Waals surface area contributed by atoms with Crippen molar-refractivity contribution in [2.75, 3.05) is 13.2 Å². The van der Waals surface area contributed by atoms with Gasteiger partial charge in [0.15, 0.2) is 0 Å². The van der Waals surface area contributed by atoms with Crippen LogP contribution in [0.1, 0.15) is 27.2 Å². The van der Waals surface area contributed by atoms with Crippen LogP contribution in [0.3, 0.4) is 0 Å². The second kappa shape index (κ2) is 5.33. The van der Waals surface area contributed by atoms with Crippen LogP contribution in [0.4, 0.5) is 0 Å². The van der Waals surface area contributed by atoms with Crippen LogP contribution in [-0.4, -0.2) is 18.8 Å². The van der Waals surface area contributed by atoms with E-state index in [0.717, 1.165) is 6.42 Å². The third-order valence-corrected chi connectivity index (χ3v) is 1.69. The first-order valence-electron chi connectivity index (χ1n) is 4.10. The quantitative estimate of drug-likeness (QED) is 0.487. The minimum Gasteiger partial charge on any atom is -0.376 e. The standard InChI is InChI=1S/C9H19NO/c1-4-6-7-11-8-9(3,10)5-2/h4,6H,5,7-8,10H2,1-3H3. The Morgan fingerprint density at radius 3 is 2.64 bits per heavy atom. The van der Waals surface area contributed by atoms with Crippen molar-refractivity contribution in [1.29, 1.82) is 0 Å². The largest absolute Gasteiger partial charge is 0.376 e. The van der Waals surface area contributed by atoms with Crippen LogP contribution in [0.5, 0.6) is 0 Å². The Morgan fingerprint density at radius 2 is 2.18 bits per heavy atom. The van der Waals surface area contributed by atoms with E-state index in [4.69, 9.17) is 10.5 Å². The van der Waals surface area contributed by atoms with Gasteiger partial charge in [-0.2, -0.15) is 0 Å². The lowest BCUT2D eigenvalue weighted by molar-refractivity contribution is 0.111. The number of rotatable bonds is 5. The third kappa shape index (κ3) is 6.07. The van der Waals surface area contributed by atoms with Crippen LogP contribution < -0.4 is 5.73 Å². The van der Waals surface area contributed by atoms with E-state index in [1.54, 1.807) is 0 Å². The van der Waals surface area contributed by atoms with Crippen molar-refractivity contribution in [2.24, 2.45) is 5.73 Å². The molecule has 0 saturated heterocycles. The molecule has 0 saturated carbocycles. The molecule has 0 heterocycles. The Morgan fingerprint density at radius 1 is 1.55 bits per heavy atom. The van der Waals surface area contributed by atoms with E-state index in [9.17, 15) is 0 Å². The molecule has 2 heteroatoms. The summed E-state index contributed by atoms with van der Waals surface area (Å²) in [5.74, 6) is 0. The molecule has 1 unspecified atom stereocenters. The molecular weight excluding hydrogens is 138 g/mol. The Hall–Kier alpha value is -0.340. The molecule has 0 aliphatic heterocycles. The van der Waals surface area contributed by atoms with Gasteiger partial charge in [0.25, 0.3) is 0 Å². The summed E-state index contributed by atoms with van der Waals surface area (Å²) in [6.45, 7) is 7.35. The van der Waals surface area contributed by atoms with Gasteiger partial charge in [0.05, 0.1) is 13.2 Å². The molecule has 0 aromatic heterocycles. The first-order valence-corrected chi connectivity index (χ1v) is 4.10. The Kier molecular flexibility index (Phi) is 5.16. The summed E-state index contributed by atoms with van der Waals surface area (Å²) in [4.78, 5) is 0. The molecule has 2 nitrogen and oxygen atoms in total. The predicted octanol–water partition coefficient (Wildman–Crippen LogP) is 1.71. The van der Waals surface area contributed by atoms with Crippen LogP contribution in [0, 0.1) is 0 Å². The van der Waals surface area contributed by atoms with Crippen molar-refractivity contribution in [3.63, 3.8) is 0 Å².